The van der Waals surface area contributed by atoms with Gasteiger partial charge in [0.1, 0.15) is 0 Å². The molecule has 0 aliphatic heterocycles. The number of benzene rings is 1. The average molecular weight is 309 g/mol. The minimum absolute atomic E-state index is 0.0292. The van der Waals surface area contributed by atoms with Gasteiger partial charge in [0, 0.05) is 20.6 Å². The Morgan fingerprint density at radius 2 is 2.00 bits per heavy atom. The number of nitriles is 1. The Bertz CT molecular complexity index is 648. The maximum absolute atomic E-state index is 12.6. The van der Waals surface area contributed by atoms with Crippen LogP contribution in [0, 0.1) is 11.3 Å². The summed E-state index contributed by atoms with van der Waals surface area (Å²) in [6.07, 6.45) is 0.595. The van der Waals surface area contributed by atoms with Gasteiger partial charge in [0.15, 0.2) is 0 Å². The molecule has 1 aromatic rings. The molecule has 7 heteroatoms. The molecule has 0 fully saturated rings. The first-order valence-electron chi connectivity index (χ1n) is 6.53. The van der Waals surface area contributed by atoms with Crippen molar-refractivity contribution in [3.05, 3.63) is 29.8 Å². The molecule has 0 saturated carbocycles. The van der Waals surface area contributed by atoms with Crippen LogP contribution in [0.15, 0.2) is 29.2 Å². The molecule has 0 aliphatic carbocycles. The number of amides is 1. The van der Waals surface area contributed by atoms with Crippen LogP contribution in [0.3, 0.4) is 0 Å². The molecule has 0 bridgehead atoms. The van der Waals surface area contributed by atoms with Crippen molar-refractivity contribution in [3.8, 4) is 6.07 Å². The zero-order chi connectivity index (χ0) is 16.0. The number of nitrogens with zero attached hydrogens (tertiary/aromatic N) is 3. The molecule has 6 nitrogen and oxygen atoms in total. The van der Waals surface area contributed by atoms with E-state index in [9.17, 15) is 13.2 Å². The lowest BCUT2D eigenvalue weighted by atomic mass is 10.2. The van der Waals surface area contributed by atoms with Gasteiger partial charge in [-0.15, -0.1) is 0 Å². The van der Waals surface area contributed by atoms with E-state index in [1.165, 1.54) is 29.2 Å². The maximum Gasteiger partial charge on any atom is 0.243 e. The molecule has 0 unspecified atom stereocenters. The van der Waals surface area contributed by atoms with E-state index >= 15 is 0 Å². The van der Waals surface area contributed by atoms with E-state index in [1.807, 2.05) is 13.0 Å². The molecule has 0 heterocycles. The second-order valence-electron chi connectivity index (χ2n) is 4.77. The highest BCUT2D eigenvalue weighted by Gasteiger charge is 2.26. The van der Waals surface area contributed by atoms with Crippen molar-refractivity contribution < 1.29 is 13.2 Å². The van der Waals surface area contributed by atoms with Crippen molar-refractivity contribution in [2.24, 2.45) is 0 Å². The van der Waals surface area contributed by atoms with Gasteiger partial charge in [-0.05, 0) is 24.6 Å². The minimum atomic E-state index is -3.79. The van der Waals surface area contributed by atoms with Gasteiger partial charge in [-0.3, -0.25) is 4.79 Å². The Kier molecular flexibility index (Phi) is 5.88. The van der Waals surface area contributed by atoms with E-state index < -0.39 is 10.0 Å². The van der Waals surface area contributed by atoms with Crippen LogP contribution >= 0.6 is 0 Å². The van der Waals surface area contributed by atoms with Crippen LogP contribution < -0.4 is 0 Å². The van der Waals surface area contributed by atoms with Gasteiger partial charge < -0.3 is 4.90 Å². The standard InChI is InChI=1S/C14H19N3O3S/c1-4-8-17(11-14(18)16(2)3)21(19,20)13-7-5-6-12(9-13)10-15/h5-7,9H,4,8,11H2,1-3H3. The highest BCUT2D eigenvalue weighted by Crippen LogP contribution is 2.17. The predicted octanol–water partition coefficient (Wildman–Crippen LogP) is 1.05. The van der Waals surface area contributed by atoms with Crippen LogP contribution in [0.2, 0.25) is 0 Å². The SMILES string of the molecule is CCCN(CC(=O)N(C)C)S(=O)(=O)c1cccc(C#N)c1. The number of likely N-dealkylation sites (N-methyl/N-ethyl adjacent to an activating group) is 1. The van der Waals surface area contributed by atoms with E-state index in [2.05, 4.69) is 0 Å². The van der Waals surface area contributed by atoms with Gasteiger partial charge in [0.05, 0.1) is 23.1 Å². The van der Waals surface area contributed by atoms with Crippen molar-refractivity contribution >= 4 is 15.9 Å². The molecular weight excluding hydrogens is 290 g/mol. The molecule has 0 saturated heterocycles. The van der Waals surface area contributed by atoms with Crippen LogP contribution in [0.5, 0.6) is 0 Å². The molecule has 0 spiro atoms. The number of rotatable bonds is 6. The molecule has 0 radical (unpaired) electrons. The van der Waals surface area contributed by atoms with E-state index in [1.54, 1.807) is 14.1 Å². The third-order valence-electron chi connectivity index (χ3n) is 2.88. The maximum atomic E-state index is 12.6. The lowest BCUT2D eigenvalue weighted by molar-refractivity contribution is -0.128. The Morgan fingerprint density at radius 3 is 2.52 bits per heavy atom. The summed E-state index contributed by atoms with van der Waals surface area (Å²) < 4.78 is 26.3. The summed E-state index contributed by atoms with van der Waals surface area (Å²) in [7, 11) is -0.632. The number of carbonyl (C=O) groups is 1. The lowest BCUT2D eigenvalue weighted by Crippen LogP contribution is -2.40. The molecule has 21 heavy (non-hydrogen) atoms. The van der Waals surface area contributed by atoms with E-state index in [-0.39, 0.29) is 29.5 Å². The molecule has 1 amide bonds. The van der Waals surface area contributed by atoms with Crippen molar-refractivity contribution in [3.63, 3.8) is 0 Å². The van der Waals surface area contributed by atoms with E-state index in [0.717, 1.165) is 4.31 Å². The molecule has 1 aromatic carbocycles. The fourth-order valence-corrected chi connectivity index (χ4v) is 3.23. The zero-order valence-corrected chi connectivity index (χ0v) is 13.2. The highest BCUT2D eigenvalue weighted by atomic mass is 32.2. The number of sulfonamides is 1. The largest absolute Gasteiger partial charge is 0.348 e. The van der Waals surface area contributed by atoms with Crippen molar-refractivity contribution in [1.82, 2.24) is 9.21 Å². The van der Waals surface area contributed by atoms with Crippen LogP contribution in [0.4, 0.5) is 0 Å². The van der Waals surface area contributed by atoms with Gasteiger partial charge >= 0.3 is 0 Å². The third kappa shape index (κ3) is 4.28. The van der Waals surface area contributed by atoms with Crippen LogP contribution in [0.25, 0.3) is 0 Å². The fraction of sp³-hybridized carbons (Fsp3) is 0.429. The van der Waals surface area contributed by atoms with Gasteiger partial charge in [0.25, 0.3) is 0 Å². The van der Waals surface area contributed by atoms with Crippen molar-refractivity contribution in [1.29, 1.82) is 5.26 Å². The zero-order valence-electron chi connectivity index (χ0n) is 12.4. The first kappa shape index (κ1) is 17.1. The Balaban J connectivity index is 3.15. The lowest BCUT2D eigenvalue weighted by Gasteiger charge is -2.22. The van der Waals surface area contributed by atoms with Crippen LogP contribution in [-0.2, 0) is 14.8 Å². The van der Waals surface area contributed by atoms with Gasteiger partial charge in [-0.1, -0.05) is 13.0 Å². The van der Waals surface area contributed by atoms with E-state index in [0.29, 0.717) is 6.42 Å². The molecule has 0 N–H and O–H groups in total. The van der Waals surface area contributed by atoms with E-state index in [4.69, 9.17) is 5.26 Å². The summed E-state index contributed by atoms with van der Waals surface area (Å²) in [5.74, 6) is -0.288. The predicted molar refractivity (Wildman–Crippen MR) is 78.9 cm³/mol. The second kappa shape index (κ2) is 7.20. The highest BCUT2D eigenvalue weighted by molar-refractivity contribution is 7.89. The molecule has 1 rings (SSSR count). The Hall–Kier alpha value is -1.91. The fourth-order valence-electron chi connectivity index (χ4n) is 1.70. The molecule has 114 valence electrons. The number of hydrogen-bond acceptors (Lipinski definition) is 4. The number of hydrogen-bond donors (Lipinski definition) is 0. The summed E-state index contributed by atoms with van der Waals surface area (Å²) in [4.78, 5) is 13.2. The topological polar surface area (TPSA) is 81.5 Å². The molecular formula is C14H19N3O3S. The average Bonchev–Trinajstić information content (AvgIpc) is 2.46. The second-order valence-corrected chi connectivity index (χ2v) is 6.70. The molecule has 0 atom stereocenters. The smallest absolute Gasteiger partial charge is 0.243 e. The van der Waals surface area contributed by atoms with Gasteiger partial charge in [0.2, 0.25) is 15.9 Å². The third-order valence-corrected chi connectivity index (χ3v) is 4.73. The quantitative estimate of drug-likeness (QED) is 0.786. The minimum Gasteiger partial charge on any atom is -0.348 e. The van der Waals surface area contributed by atoms with Crippen LogP contribution in [-0.4, -0.2) is 50.7 Å². The van der Waals surface area contributed by atoms with Crippen molar-refractivity contribution in [2.45, 2.75) is 18.2 Å². The normalized spacial score (nSPS) is 11.2. The first-order chi connectivity index (χ1) is 9.82. The number of carbonyl (C=O) groups excluding carboxylic acids is 1. The summed E-state index contributed by atoms with van der Waals surface area (Å²) in [6, 6.07) is 7.71. The summed E-state index contributed by atoms with van der Waals surface area (Å²) >= 11 is 0. The molecule has 0 aliphatic rings. The van der Waals surface area contributed by atoms with Gasteiger partial charge in [-0.2, -0.15) is 9.57 Å². The summed E-state index contributed by atoms with van der Waals surface area (Å²) in [5, 5.41) is 8.87. The monoisotopic (exact) mass is 309 g/mol. The summed E-state index contributed by atoms with van der Waals surface area (Å²) in [6.45, 7) is 1.88. The summed E-state index contributed by atoms with van der Waals surface area (Å²) in [5.41, 5.74) is 0.270. The first-order valence-corrected chi connectivity index (χ1v) is 7.97. The van der Waals surface area contributed by atoms with Gasteiger partial charge in [-0.25, -0.2) is 8.42 Å². The van der Waals surface area contributed by atoms with Crippen molar-refractivity contribution in [2.75, 3.05) is 27.2 Å². The Labute approximate surface area is 125 Å². The Morgan fingerprint density at radius 1 is 1.33 bits per heavy atom. The van der Waals surface area contributed by atoms with Crippen LogP contribution in [0.1, 0.15) is 18.9 Å². The molecule has 0 aromatic heterocycles.